The van der Waals surface area contributed by atoms with E-state index in [-0.39, 0.29) is 5.91 Å². The predicted octanol–water partition coefficient (Wildman–Crippen LogP) is 5.01. The number of benzene rings is 2. The van der Waals surface area contributed by atoms with E-state index in [1.165, 1.54) is 22.7 Å². The molecule has 0 aliphatic heterocycles. The van der Waals surface area contributed by atoms with Gasteiger partial charge in [0.1, 0.15) is 21.2 Å². The van der Waals surface area contributed by atoms with Crippen molar-refractivity contribution in [3.05, 3.63) is 47.0 Å². The van der Waals surface area contributed by atoms with Crippen molar-refractivity contribution in [1.29, 1.82) is 0 Å². The summed E-state index contributed by atoms with van der Waals surface area (Å²) in [6.45, 7) is 1.82. The average Bonchev–Trinajstić information content (AvgIpc) is 3.35. The molecule has 0 fully saturated rings. The van der Waals surface area contributed by atoms with Gasteiger partial charge in [0.25, 0.3) is 5.91 Å². The van der Waals surface area contributed by atoms with Crippen molar-refractivity contribution in [1.82, 2.24) is 9.97 Å². The molecule has 2 aromatic carbocycles. The summed E-state index contributed by atoms with van der Waals surface area (Å²) in [6.07, 6.45) is 0. The molecule has 1 amide bonds. The Labute approximate surface area is 181 Å². The molecular weight excluding hydrogens is 422 g/mol. The second kappa shape index (κ2) is 8.29. The van der Waals surface area contributed by atoms with Crippen molar-refractivity contribution in [2.24, 2.45) is 0 Å². The van der Waals surface area contributed by atoms with Crippen molar-refractivity contribution >= 4 is 43.9 Å². The molecule has 0 saturated heterocycles. The van der Waals surface area contributed by atoms with Crippen LogP contribution in [0.15, 0.2) is 36.4 Å². The molecule has 0 aliphatic rings. The Balaban J connectivity index is 1.61. The second-order valence-electron chi connectivity index (χ2n) is 6.28. The number of methoxy groups -OCH3 is 3. The third-order valence-electron chi connectivity index (χ3n) is 4.46. The molecule has 0 unspecified atom stereocenters. The van der Waals surface area contributed by atoms with Crippen LogP contribution >= 0.6 is 22.7 Å². The number of hydrogen-bond donors (Lipinski definition) is 1. The van der Waals surface area contributed by atoms with E-state index in [0.29, 0.717) is 33.0 Å². The lowest BCUT2D eigenvalue weighted by Gasteiger charge is -2.08. The molecule has 0 spiro atoms. The fourth-order valence-electron chi connectivity index (χ4n) is 3.00. The van der Waals surface area contributed by atoms with E-state index >= 15 is 0 Å². The van der Waals surface area contributed by atoms with Crippen LogP contribution in [0.4, 0.5) is 5.13 Å². The summed E-state index contributed by atoms with van der Waals surface area (Å²) >= 11 is 2.72. The molecule has 0 bridgehead atoms. The van der Waals surface area contributed by atoms with Crippen molar-refractivity contribution in [2.75, 3.05) is 26.6 Å². The summed E-state index contributed by atoms with van der Waals surface area (Å²) in [4.78, 5) is 22.5. The number of ether oxygens (including phenoxy) is 3. The summed E-state index contributed by atoms with van der Waals surface area (Å²) in [6, 6.07) is 11.2. The van der Waals surface area contributed by atoms with Crippen LogP contribution in [0.25, 0.3) is 20.8 Å². The van der Waals surface area contributed by atoms with Crippen molar-refractivity contribution in [3.8, 4) is 27.8 Å². The summed E-state index contributed by atoms with van der Waals surface area (Å²) in [5, 5.41) is 4.12. The minimum absolute atomic E-state index is 0.241. The van der Waals surface area contributed by atoms with E-state index in [2.05, 4.69) is 15.3 Å². The molecule has 0 saturated carbocycles. The molecule has 7 nitrogen and oxygen atoms in total. The van der Waals surface area contributed by atoms with Gasteiger partial charge < -0.3 is 14.2 Å². The van der Waals surface area contributed by atoms with Gasteiger partial charge in [-0.15, -0.1) is 11.3 Å². The second-order valence-corrected chi connectivity index (χ2v) is 8.31. The average molecular weight is 442 g/mol. The zero-order valence-corrected chi connectivity index (χ0v) is 18.4. The highest BCUT2D eigenvalue weighted by Crippen LogP contribution is 2.36. The van der Waals surface area contributed by atoms with Crippen molar-refractivity contribution in [3.63, 3.8) is 0 Å². The maximum atomic E-state index is 12.9. The molecule has 154 valence electrons. The Kier molecular flexibility index (Phi) is 5.56. The standard InChI is InChI=1S/C21H19N3O4S2/c1-11-18(30-20(22-11)12-8-9-13(26-2)15(10-12)28-4)19(25)24-21-23-17-14(27-3)6-5-7-16(17)29-21/h5-10H,1-4H3,(H,23,24,25). The van der Waals surface area contributed by atoms with Gasteiger partial charge >= 0.3 is 0 Å². The first-order valence-corrected chi connectivity index (χ1v) is 10.6. The van der Waals surface area contributed by atoms with E-state index < -0.39 is 0 Å². The third kappa shape index (κ3) is 3.69. The SMILES string of the molecule is COc1ccc(-c2nc(C)c(C(=O)Nc3nc4c(OC)cccc4s3)s2)cc1OC. The van der Waals surface area contributed by atoms with Gasteiger partial charge in [0.2, 0.25) is 0 Å². The minimum Gasteiger partial charge on any atom is -0.494 e. The number of carbonyl (C=O) groups excluding carboxylic acids is 1. The number of carbonyl (C=O) groups is 1. The van der Waals surface area contributed by atoms with Crippen LogP contribution in [0.3, 0.4) is 0 Å². The van der Waals surface area contributed by atoms with Crippen LogP contribution in [0.5, 0.6) is 17.2 Å². The molecule has 2 heterocycles. The molecule has 4 rings (SSSR count). The smallest absolute Gasteiger partial charge is 0.269 e. The number of nitrogens with zero attached hydrogens (tertiary/aromatic N) is 2. The monoisotopic (exact) mass is 441 g/mol. The van der Waals surface area contributed by atoms with Gasteiger partial charge in [-0.1, -0.05) is 17.4 Å². The number of amides is 1. The number of nitrogens with one attached hydrogen (secondary N) is 1. The zero-order chi connectivity index (χ0) is 21.3. The van der Waals surface area contributed by atoms with Crippen molar-refractivity contribution in [2.45, 2.75) is 6.92 Å². The van der Waals surface area contributed by atoms with E-state index in [1.54, 1.807) is 21.3 Å². The molecule has 0 atom stereocenters. The number of thiazole rings is 2. The number of anilines is 1. The van der Waals surface area contributed by atoms with E-state index in [4.69, 9.17) is 14.2 Å². The van der Waals surface area contributed by atoms with E-state index in [1.807, 2.05) is 43.3 Å². The lowest BCUT2D eigenvalue weighted by molar-refractivity contribution is 0.103. The van der Waals surface area contributed by atoms with Gasteiger partial charge in [0.05, 0.1) is 31.7 Å². The number of rotatable bonds is 6. The van der Waals surface area contributed by atoms with Gasteiger partial charge in [0.15, 0.2) is 16.6 Å². The lowest BCUT2D eigenvalue weighted by Crippen LogP contribution is -2.11. The third-order valence-corrected chi connectivity index (χ3v) is 6.60. The summed E-state index contributed by atoms with van der Waals surface area (Å²) < 4.78 is 16.9. The van der Waals surface area contributed by atoms with Gasteiger partial charge in [-0.05, 0) is 37.3 Å². The molecule has 30 heavy (non-hydrogen) atoms. The summed E-state index contributed by atoms with van der Waals surface area (Å²) in [5.74, 6) is 1.68. The number of hydrogen-bond acceptors (Lipinski definition) is 8. The normalized spacial score (nSPS) is 10.8. The maximum Gasteiger partial charge on any atom is 0.269 e. The minimum atomic E-state index is -0.241. The van der Waals surface area contributed by atoms with E-state index in [9.17, 15) is 4.79 Å². The molecule has 4 aromatic rings. The molecule has 9 heteroatoms. The van der Waals surface area contributed by atoms with Gasteiger partial charge in [0, 0.05) is 5.56 Å². The Morgan fingerprint density at radius 1 is 0.933 bits per heavy atom. The maximum absolute atomic E-state index is 12.9. The van der Waals surface area contributed by atoms with E-state index in [0.717, 1.165) is 20.8 Å². The largest absolute Gasteiger partial charge is 0.494 e. The summed E-state index contributed by atoms with van der Waals surface area (Å²) in [7, 11) is 4.77. The van der Waals surface area contributed by atoms with Crippen LogP contribution < -0.4 is 19.5 Å². The van der Waals surface area contributed by atoms with Crippen molar-refractivity contribution < 1.29 is 19.0 Å². The Hall–Kier alpha value is -3.17. The quantitative estimate of drug-likeness (QED) is 0.453. The highest BCUT2D eigenvalue weighted by atomic mass is 32.1. The Morgan fingerprint density at radius 2 is 1.70 bits per heavy atom. The van der Waals surface area contributed by atoms with Crippen LogP contribution in [0.2, 0.25) is 0 Å². The number of para-hydroxylation sites is 1. The first-order valence-electron chi connectivity index (χ1n) is 8.98. The first kappa shape index (κ1) is 20.1. The molecule has 2 aromatic heterocycles. The Bertz CT molecular complexity index is 1230. The van der Waals surface area contributed by atoms with Crippen LogP contribution in [0, 0.1) is 6.92 Å². The lowest BCUT2D eigenvalue weighted by atomic mass is 10.2. The topological polar surface area (TPSA) is 82.6 Å². The van der Waals surface area contributed by atoms with Crippen LogP contribution in [-0.4, -0.2) is 37.2 Å². The molecule has 1 N–H and O–H groups in total. The number of aromatic nitrogens is 2. The predicted molar refractivity (Wildman–Crippen MR) is 120 cm³/mol. The fraction of sp³-hybridized carbons (Fsp3) is 0.190. The highest BCUT2D eigenvalue weighted by Gasteiger charge is 2.19. The molecule has 0 aliphatic carbocycles. The molecule has 0 radical (unpaired) electrons. The van der Waals surface area contributed by atoms with Gasteiger partial charge in [-0.2, -0.15) is 0 Å². The van der Waals surface area contributed by atoms with Crippen LogP contribution in [0.1, 0.15) is 15.4 Å². The molecular formula is C21H19N3O4S2. The summed E-state index contributed by atoms with van der Waals surface area (Å²) in [5.41, 5.74) is 2.23. The number of aryl methyl sites for hydroxylation is 1. The number of fused-ring (bicyclic) bond motifs is 1. The first-order chi connectivity index (χ1) is 14.5. The highest BCUT2D eigenvalue weighted by molar-refractivity contribution is 7.22. The Morgan fingerprint density at radius 3 is 2.43 bits per heavy atom. The van der Waals surface area contributed by atoms with Gasteiger partial charge in [-0.25, -0.2) is 9.97 Å². The van der Waals surface area contributed by atoms with Gasteiger partial charge in [-0.3, -0.25) is 10.1 Å². The zero-order valence-electron chi connectivity index (χ0n) is 16.8. The van der Waals surface area contributed by atoms with Crippen LogP contribution in [-0.2, 0) is 0 Å². The fourth-order valence-corrected chi connectivity index (χ4v) is 4.83.